The van der Waals surface area contributed by atoms with Crippen LogP contribution in [0.4, 0.5) is 8.78 Å². The van der Waals surface area contributed by atoms with Crippen molar-refractivity contribution in [2.75, 3.05) is 6.67 Å². The molecule has 0 aromatic heterocycles. The number of halogens is 2. The third kappa shape index (κ3) is 9.88. The van der Waals surface area contributed by atoms with E-state index in [9.17, 15) is 9.50 Å². The topological polar surface area (TPSA) is 29.5 Å². The molecule has 0 aliphatic heterocycles. The van der Waals surface area contributed by atoms with Crippen LogP contribution in [0.25, 0.3) is 0 Å². The van der Waals surface area contributed by atoms with Gasteiger partial charge in [0, 0.05) is 5.56 Å². The fourth-order valence-corrected chi connectivity index (χ4v) is 5.84. The van der Waals surface area contributed by atoms with E-state index >= 15 is 4.39 Å². The molecule has 0 amide bonds. The largest absolute Gasteiger partial charge is 0.507 e. The van der Waals surface area contributed by atoms with Crippen LogP contribution in [0, 0.1) is 5.92 Å². The van der Waals surface area contributed by atoms with Crippen molar-refractivity contribution < 1.29 is 18.6 Å². The Morgan fingerprint density at radius 3 is 2.23 bits per heavy atom. The Kier molecular flexibility index (Phi) is 13.2. The Labute approximate surface area is 236 Å². The van der Waals surface area contributed by atoms with E-state index in [0.29, 0.717) is 24.0 Å². The number of phenols is 1. The van der Waals surface area contributed by atoms with Crippen LogP contribution in [0.1, 0.15) is 126 Å². The molecule has 0 saturated heterocycles. The number of rotatable bonds is 17. The number of unbranched alkanes of at least 4 members (excludes halogenated alkanes) is 4. The highest BCUT2D eigenvalue weighted by Gasteiger charge is 2.33. The fourth-order valence-electron chi connectivity index (χ4n) is 5.84. The van der Waals surface area contributed by atoms with Crippen molar-refractivity contribution in [2.45, 2.75) is 135 Å². The predicted molar refractivity (Wildman–Crippen MR) is 159 cm³/mol. The van der Waals surface area contributed by atoms with Gasteiger partial charge in [-0.3, -0.25) is 0 Å². The number of aryl methyl sites for hydroxylation is 3. The van der Waals surface area contributed by atoms with Crippen molar-refractivity contribution in [3.63, 3.8) is 0 Å². The molecule has 0 radical (unpaired) electrons. The lowest BCUT2D eigenvalue weighted by Gasteiger charge is -2.25. The highest BCUT2D eigenvalue weighted by atomic mass is 19.2. The Morgan fingerprint density at radius 2 is 1.56 bits per heavy atom. The van der Waals surface area contributed by atoms with Gasteiger partial charge in [0.25, 0.3) is 0 Å². The first-order valence-corrected chi connectivity index (χ1v) is 15.7. The molecule has 1 aliphatic rings. The molecule has 4 heteroatoms. The molecule has 1 fully saturated rings. The predicted octanol–water partition coefficient (Wildman–Crippen LogP) is 10.1. The first-order chi connectivity index (χ1) is 18.9. The van der Waals surface area contributed by atoms with Crippen molar-refractivity contribution >= 4 is 0 Å². The van der Waals surface area contributed by atoms with E-state index < -0.39 is 12.3 Å². The van der Waals surface area contributed by atoms with Gasteiger partial charge >= 0.3 is 0 Å². The zero-order valence-electron chi connectivity index (χ0n) is 24.8. The average molecular weight is 543 g/mol. The van der Waals surface area contributed by atoms with Gasteiger partial charge in [-0.1, -0.05) is 102 Å². The molecule has 1 N–H and O–H groups in total. The monoisotopic (exact) mass is 542 g/mol. The summed E-state index contributed by atoms with van der Waals surface area (Å²) in [5.74, 6) is 0.540. The van der Waals surface area contributed by atoms with Crippen LogP contribution < -0.4 is 0 Å². The molecule has 2 atom stereocenters. The maximum atomic E-state index is 15.4. The molecule has 39 heavy (non-hydrogen) atoms. The molecular weight excluding hydrogens is 490 g/mol. The van der Waals surface area contributed by atoms with Crippen LogP contribution in [-0.4, -0.2) is 17.9 Å². The van der Waals surface area contributed by atoms with E-state index in [1.54, 1.807) is 12.1 Å². The van der Waals surface area contributed by atoms with E-state index in [1.165, 1.54) is 50.5 Å². The Hall–Kier alpha value is -1.94. The summed E-state index contributed by atoms with van der Waals surface area (Å²) in [5.41, 5.74) is 2.75. The Balaban J connectivity index is 1.69. The number of hydrogen-bond acceptors (Lipinski definition) is 2. The first-order valence-electron chi connectivity index (χ1n) is 15.7. The van der Waals surface area contributed by atoms with Crippen LogP contribution in [0.15, 0.2) is 36.4 Å². The van der Waals surface area contributed by atoms with Crippen LogP contribution in [0.5, 0.6) is 5.75 Å². The van der Waals surface area contributed by atoms with Crippen LogP contribution in [-0.2, 0) is 36.3 Å². The number of alkyl halides is 2. The first kappa shape index (κ1) is 31.6. The third-order valence-corrected chi connectivity index (χ3v) is 8.66. The van der Waals surface area contributed by atoms with Crippen molar-refractivity contribution in [3.8, 4) is 5.75 Å². The third-order valence-electron chi connectivity index (χ3n) is 8.66. The van der Waals surface area contributed by atoms with E-state index in [0.717, 1.165) is 61.6 Å². The minimum absolute atomic E-state index is 0.136. The van der Waals surface area contributed by atoms with Gasteiger partial charge < -0.3 is 9.84 Å². The van der Waals surface area contributed by atoms with Gasteiger partial charge in [-0.25, -0.2) is 8.78 Å². The summed E-state index contributed by atoms with van der Waals surface area (Å²) in [6, 6.07) is 11.7. The van der Waals surface area contributed by atoms with Gasteiger partial charge in [-0.15, -0.1) is 0 Å². The minimum Gasteiger partial charge on any atom is -0.507 e. The molecule has 218 valence electrons. The Morgan fingerprint density at radius 1 is 0.897 bits per heavy atom. The van der Waals surface area contributed by atoms with Gasteiger partial charge in [-0.05, 0) is 79.2 Å². The van der Waals surface area contributed by atoms with Gasteiger partial charge in [0.1, 0.15) is 12.4 Å². The molecule has 2 aromatic rings. The summed E-state index contributed by atoms with van der Waals surface area (Å²) >= 11 is 0. The lowest BCUT2D eigenvalue weighted by molar-refractivity contribution is 0.0160. The zero-order valence-corrected chi connectivity index (χ0v) is 24.8. The zero-order chi connectivity index (χ0) is 28.1. The number of hydrogen-bond donors (Lipinski definition) is 1. The van der Waals surface area contributed by atoms with Gasteiger partial charge in [0.15, 0.2) is 5.67 Å². The molecule has 0 heterocycles. The smallest absolute Gasteiger partial charge is 0.164 e. The fraction of sp³-hybridized carbons (Fsp3) is 0.657. The highest BCUT2D eigenvalue weighted by Crippen LogP contribution is 2.35. The molecule has 3 rings (SSSR count). The van der Waals surface area contributed by atoms with Crippen LogP contribution in [0.2, 0.25) is 0 Å². The second-order valence-corrected chi connectivity index (χ2v) is 12.0. The van der Waals surface area contributed by atoms with Crippen LogP contribution in [0.3, 0.4) is 0 Å². The molecule has 1 aliphatic carbocycles. The molecule has 2 aromatic carbocycles. The quantitative estimate of drug-likeness (QED) is 0.202. The number of benzene rings is 2. The normalized spacial score (nSPS) is 16.7. The van der Waals surface area contributed by atoms with Crippen molar-refractivity contribution in [2.24, 2.45) is 5.92 Å². The minimum atomic E-state index is -1.91. The van der Waals surface area contributed by atoms with E-state index in [1.807, 2.05) is 26.0 Å². The van der Waals surface area contributed by atoms with Crippen molar-refractivity contribution in [3.05, 3.63) is 64.2 Å². The molecule has 2 unspecified atom stereocenters. The van der Waals surface area contributed by atoms with E-state index in [-0.39, 0.29) is 12.3 Å². The molecule has 0 bridgehead atoms. The number of ether oxygens (including phenoxy) is 1. The summed E-state index contributed by atoms with van der Waals surface area (Å²) in [4.78, 5) is 0. The number of aromatic hydroxyl groups is 1. The number of phenolic OH excluding ortho intramolecular Hbond substituents is 1. The Bertz CT molecular complexity index is 967. The van der Waals surface area contributed by atoms with Gasteiger partial charge in [-0.2, -0.15) is 0 Å². The lowest BCUT2D eigenvalue weighted by Crippen LogP contribution is -2.25. The maximum absolute atomic E-state index is 15.4. The summed E-state index contributed by atoms with van der Waals surface area (Å²) < 4.78 is 35.3. The van der Waals surface area contributed by atoms with Gasteiger partial charge in [0.2, 0.25) is 0 Å². The maximum Gasteiger partial charge on any atom is 0.164 e. The second-order valence-electron chi connectivity index (χ2n) is 12.0. The molecule has 1 saturated carbocycles. The summed E-state index contributed by atoms with van der Waals surface area (Å²) in [5, 5.41) is 11.1. The lowest BCUT2D eigenvalue weighted by atomic mass is 9.86. The SMILES string of the molecule is CCCCCCCc1cc(CCc2ccc(C(F)(CF)CC(C)CC)cc2)cc(COC2CCCCC2)c1O. The van der Waals surface area contributed by atoms with E-state index in [4.69, 9.17) is 4.74 Å². The molecular formula is C35H52F2O2. The van der Waals surface area contributed by atoms with Crippen molar-refractivity contribution in [1.82, 2.24) is 0 Å². The summed E-state index contributed by atoms with van der Waals surface area (Å²) in [6.45, 7) is 5.69. The standard InChI is InChI=1S/C35H52F2O2/c1-4-6-7-8-10-13-30-22-29(23-31(34(30)38)25-39-33-14-11-9-12-15-33)17-16-28-18-20-32(21-19-28)35(37,26-36)24-27(3)5-2/h18-23,27,33,38H,4-17,24-26H2,1-3H3. The van der Waals surface area contributed by atoms with E-state index in [2.05, 4.69) is 19.1 Å². The highest BCUT2D eigenvalue weighted by molar-refractivity contribution is 5.44. The van der Waals surface area contributed by atoms with Gasteiger partial charge in [0.05, 0.1) is 12.7 Å². The molecule has 0 spiro atoms. The van der Waals surface area contributed by atoms with Crippen molar-refractivity contribution in [1.29, 1.82) is 0 Å². The van der Waals surface area contributed by atoms with Crippen LogP contribution >= 0.6 is 0 Å². The second kappa shape index (κ2) is 16.4. The average Bonchev–Trinajstić information content (AvgIpc) is 2.97. The molecule has 2 nitrogen and oxygen atoms in total. The summed E-state index contributed by atoms with van der Waals surface area (Å²) in [6.07, 6.45) is 15.8. The summed E-state index contributed by atoms with van der Waals surface area (Å²) in [7, 11) is 0.